The topological polar surface area (TPSA) is 120 Å². The van der Waals surface area contributed by atoms with Crippen LogP contribution in [0.5, 0.6) is 17.6 Å². The van der Waals surface area contributed by atoms with Crippen molar-refractivity contribution in [1.82, 2.24) is 19.7 Å². The number of alkyl halides is 3. The second-order valence-corrected chi connectivity index (χ2v) is 6.59. The summed E-state index contributed by atoms with van der Waals surface area (Å²) in [5.41, 5.74) is -2.45. The highest BCUT2D eigenvalue weighted by Gasteiger charge is 2.34. The number of ether oxygens (including phenoxy) is 2. The quantitative estimate of drug-likeness (QED) is 0.509. The minimum atomic E-state index is -4.93. The Labute approximate surface area is 182 Å². The highest BCUT2D eigenvalue weighted by atomic mass is 35.5. The molecule has 13 heteroatoms. The minimum absolute atomic E-state index is 0.0668. The van der Waals surface area contributed by atoms with Crippen LogP contribution in [0.1, 0.15) is 27.3 Å². The molecule has 164 valence electrons. The van der Waals surface area contributed by atoms with Crippen LogP contribution >= 0.6 is 11.6 Å². The molecule has 0 N–H and O–H groups in total. The summed E-state index contributed by atoms with van der Waals surface area (Å²) in [6.45, 7) is -0.412. The van der Waals surface area contributed by atoms with Crippen molar-refractivity contribution in [3.8, 4) is 23.7 Å². The van der Waals surface area contributed by atoms with Crippen molar-refractivity contribution in [2.75, 3.05) is 7.11 Å². The molecule has 0 atom stereocenters. The van der Waals surface area contributed by atoms with E-state index in [1.54, 1.807) is 0 Å². The highest BCUT2D eigenvalue weighted by Crippen LogP contribution is 2.30. The lowest BCUT2D eigenvalue weighted by molar-refractivity contribution is -0.141. The van der Waals surface area contributed by atoms with Crippen LogP contribution < -0.4 is 15.0 Å². The van der Waals surface area contributed by atoms with Crippen LogP contribution in [0.4, 0.5) is 13.2 Å². The van der Waals surface area contributed by atoms with Crippen molar-refractivity contribution in [2.24, 2.45) is 0 Å². The second-order valence-electron chi connectivity index (χ2n) is 6.16. The zero-order chi connectivity index (χ0) is 23.5. The molecule has 0 amide bonds. The number of carbonyl (C=O) groups excluding carboxylic acids is 1. The van der Waals surface area contributed by atoms with E-state index < -0.39 is 30.0 Å². The summed E-state index contributed by atoms with van der Waals surface area (Å²) < 4.78 is 50.9. The van der Waals surface area contributed by atoms with Crippen molar-refractivity contribution in [3.05, 3.63) is 68.2 Å². The molecule has 32 heavy (non-hydrogen) atoms. The number of nitriles is 1. The molecule has 0 aliphatic rings. The van der Waals surface area contributed by atoms with Crippen LogP contribution in [-0.4, -0.2) is 33.1 Å². The maximum atomic E-state index is 13.2. The zero-order valence-corrected chi connectivity index (χ0v) is 16.8. The Morgan fingerprint density at radius 2 is 1.97 bits per heavy atom. The summed E-state index contributed by atoms with van der Waals surface area (Å²) in [6.07, 6.45) is -4.53. The number of methoxy groups -OCH3 is 1. The second kappa shape index (κ2) is 9.03. The molecule has 0 spiro atoms. The first-order chi connectivity index (χ1) is 15.1. The Morgan fingerprint density at radius 3 is 2.59 bits per heavy atom. The Morgan fingerprint density at radius 1 is 1.22 bits per heavy atom. The summed E-state index contributed by atoms with van der Waals surface area (Å²) >= 11 is 5.91. The molecule has 2 heterocycles. The monoisotopic (exact) mass is 465 g/mol. The molecule has 0 saturated heterocycles. The van der Waals surface area contributed by atoms with Gasteiger partial charge >= 0.3 is 12.2 Å². The Balaban J connectivity index is 2.16. The predicted octanol–water partition coefficient (Wildman–Crippen LogP) is 3.24. The molecule has 0 aliphatic heterocycles. The van der Waals surface area contributed by atoms with Gasteiger partial charge in [0.2, 0.25) is 5.88 Å². The Kier molecular flexibility index (Phi) is 6.40. The number of hydrogen-bond acceptors (Lipinski definition) is 8. The van der Waals surface area contributed by atoms with Gasteiger partial charge in [0, 0.05) is 16.7 Å². The highest BCUT2D eigenvalue weighted by molar-refractivity contribution is 6.30. The summed E-state index contributed by atoms with van der Waals surface area (Å²) in [4.78, 5) is 27.0. The van der Waals surface area contributed by atoms with Gasteiger partial charge in [-0.15, -0.1) is 10.2 Å². The third-order valence-electron chi connectivity index (χ3n) is 3.97. The molecule has 0 unspecified atom stereocenters. The van der Waals surface area contributed by atoms with Gasteiger partial charge in [-0.1, -0.05) is 11.6 Å². The van der Waals surface area contributed by atoms with Crippen LogP contribution in [0.25, 0.3) is 0 Å². The van der Waals surface area contributed by atoms with Crippen LogP contribution in [0.3, 0.4) is 0 Å². The predicted molar refractivity (Wildman–Crippen MR) is 103 cm³/mol. The van der Waals surface area contributed by atoms with E-state index in [2.05, 4.69) is 15.2 Å². The summed E-state index contributed by atoms with van der Waals surface area (Å²) in [7, 11) is 1.26. The van der Waals surface area contributed by atoms with E-state index in [0.29, 0.717) is 12.4 Å². The van der Waals surface area contributed by atoms with Crippen LogP contribution in [0, 0.1) is 11.3 Å². The summed E-state index contributed by atoms with van der Waals surface area (Å²) in [6, 6.07) is 6.40. The van der Waals surface area contributed by atoms with E-state index in [9.17, 15) is 22.8 Å². The first-order valence-corrected chi connectivity index (χ1v) is 8.95. The molecule has 0 fully saturated rings. The van der Waals surface area contributed by atoms with E-state index in [0.717, 1.165) is 4.57 Å². The molecule has 1 aromatic carbocycles. The van der Waals surface area contributed by atoms with Crippen molar-refractivity contribution in [1.29, 1.82) is 5.26 Å². The third kappa shape index (κ3) is 5.01. The van der Waals surface area contributed by atoms with Gasteiger partial charge in [0.1, 0.15) is 11.4 Å². The average molecular weight is 466 g/mol. The molecule has 2 aromatic heterocycles. The van der Waals surface area contributed by atoms with Crippen LogP contribution in [-0.2, 0) is 12.7 Å². The largest absolute Gasteiger partial charge is 0.480 e. The number of hydrogen-bond donors (Lipinski definition) is 0. The third-order valence-corrected chi connectivity index (χ3v) is 4.19. The number of benzene rings is 1. The minimum Gasteiger partial charge on any atom is -0.480 e. The fraction of sp³-hybridized carbons (Fsp3) is 0.158. The van der Waals surface area contributed by atoms with Crippen molar-refractivity contribution < 1.29 is 27.4 Å². The summed E-state index contributed by atoms with van der Waals surface area (Å²) in [5, 5.41) is 16.4. The van der Waals surface area contributed by atoms with Gasteiger partial charge < -0.3 is 9.47 Å². The van der Waals surface area contributed by atoms with Crippen molar-refractivity contribution in [3.63, 3.8) is 0 Å². The van der Waals surface area contributed by atoms with Gasteiger partial charge in [-0.3, -0.25) is 14.2 Å². The fourth-order valence-corrected chi connectivity index (χ4v) is 2.82. The normalized spacial score (nSPS) is 11.0. The first-order valence-electron chi connectivity index (χ1n) is 8.58. The fourth-order valence-electron chi connectivity index (χ4n) is 2.59. The van der Waals surface area contributed by atoms with Gasteiger partial charge in [-0.2, -0.15) is 23.4 Å². The molecular weight excluding hydrogens is 455 g/mol. The molecule has 0 bridgehead atoms. The van der Waals surface area contributed by atoms with E-state index in [4.69, 9.17) is 26.3 Å². The van der Waals surface area contributed by atoms with Gasteiger partial charge in [-0.05, 0) is 24.3 Å². The first kappa shape index (κ1) is 22.7. The van der Waals surface area contributed by atoms with Crippen molar-refractivity contribution in [2.45, 2.75) is 12.7 Å². The molecule has 0 radical (unpaired) electrons. The Hall–Kier alpha value is -3.98. The SMILES string of the molecule is COc1nnc(C=O)cc1Cn1c(Oc2cc(Cl)cc(C#N)c2)nc(C(F)(F)F)cc1=O. The van der Waals surface area contributed by atoms with Gasteiger partial charge in [0.15, 0.2) is 12.0 Å². The summed E-state index contributed by atoms with van der Waals surface area (Å²) in [5.74, 6) is -0.190. The van der Waals surface area contributed by atoms with E-state index >= 15 is 0 Å². The van der Waals surface area contributed by atoms with Gasteiger partial charge in [0.25, 0.3) is 5.56 Å². The maximum Gasteiger partial charge on any atom is 0.433 e. The van der Waals surface area contributed by atoms with Crippen LogP contribution in [0.2, 0.25) is 5.02 Å². The standard InChI is InChI=1S/C19H11ClF3N5O4/c1-31-17-11(4-13(9-29)26-27-17)8-28-16(30)6-15(19(21,22)23)25-18(28)32-14-3-10(7-24)2-12(20)5-14/h2-6,9H,8H2,1H3. The van der Waals surface area contributed by atoms with Crippen molar-refractivity contribution >= 4 is 17.9 Å². The number of nitrogens with zero attached hydrogens (tertiary/aromatic N) is 5. The smallest absolute Gasteiger partial charge is 0.433 e. The van der Waals surface area contributed by atoms with Gasteiger partial charge in [-0.25, -0.2) is 0 Å². The molecule has 3 aromatic rings. The lowest BCUT2D eigenvalue weighted by Crippen LogP contribution is -2.26. The molecular formula is C19H11ClF3N5O4. The maximum absolute atomic E-state index is 13.2. The number of carbonyl (C=O) groups is 1. The number of rotatable bonds is 6. The lowest BCUT2D eigenvalue weighted by Gasteiger charge is -2.16. The Bertz CT molecular complexity index is 1290. The van der Waals surface area contributed by atoms with E-state index in [1.165, 1.54) is 31.4 Å². The van der Waals surface area contributed by atoms with Gasteiger partial charge in [0.05, 0.1) is 25.3 Å². The zero-order valence-electron chi connectivity index (χ0n) is 16.1. The lowest BCUT2D eigenvalue weighted by atomic mass is 10.2. The molecule has 9 nitrogen and oxygen atoms in total. The van der Waals surface area contributed by atoms with E-state index in [1.807, 2.05) is 6.07 Å². The van der Waals surface area contributed by atoms with E-state index in [-0.39, 0.29) is 33.5 Å². The number of aldehydes is 1. The number of aromatic nitrogens is 4. The molecule has 0 aliphatic carbocycles. The van der Waals surface area contributed by atoms with Crippen LogP contribution in [0.15, 0.2) is 35.1 Å². The average Bonchev–Trinajstić information content (AvgIpc) is 2.74. The molecule has 0 saturated carbocycles. The number of halogens is 4. The molecule has 3 rings (SSSR count).